The second-order valence-corrected chi connectivity index (χ2v) is 7.45. The minimum absolute atomic E-state index is 0.258. The Hall–Kier alpha value is -0.210. The van der Waals surface area contributed by atoms with E-state index in [1.54, 1.807) is 0 Å². The van der Waals surface area contributed by atoms with Crippen molar-refractivity contribution in [1.29, 1.82) is 0 Å². The van der Waals surface area contributed by atoms with Crippen molar-refractivity contribution >= 4 is 10.1 Å². The Morgan fingerprint density at radius 2 is 1.55 bits per heavy atom. The molecule has 22 heavy (non-hydrogen) atoms. The van der Waals surface area contributed by atoms with Gasteiger partial charge in [-0.2, -0.15) is 0 Å². The molecule has 1 unspecified atom stereocenters. The third kappa shape index (κ3) is 13.5. The van der Waals surface area contributed by atoms with Crippen LogP contribution in [0.1, 0.15) is 39.5 Å². The summed E-state index contributed by atoms with van der Waals surface area (Å²) in [5.41, 5.74) is 0. The van der Waals surface area contributed by atoms with E-state index in [4.69, 9.17) is 9.47 Å². The Balaban J connectivity index is 4.04. The van der Waals surface area contributed by atoms with Crippen LogP contribution in [0.15, 0.2) is 0 Å². The van der Waals surface area contributed by atoms with E-state index in [0.717, 1.165) is 43.4 Å². The van der Waals surface area contributed by atoms with Crippen LogP contribution in [0.4, 0.5) is 0 Å². The van der Waals surface area contributed by atoms with Gasteiger partial charge in [-0.05, 0) is 26.2 Å². The molecule has 0 heterocycles. The SMILES string of the molecule is CCCC[N+](C)(CCCCS(=O)(=O)[O-])CCOCCOCC. The average Bonchev–Trinajstić information content (AvgIpc) is 2.44. The fourth-order valence-corrected chi connectivity index (χ4v) is 2.85. The number of ether oxygens (including phenoxy) is 2. The maximum absolute atomic E-state index is 10.6. The molecule has 1 atom stereocenters. The number of nitrogens with zero attached hydrogens (tertiary/aromatic N) is 1. The van der Waals surface area contributed by atoms with Crippen molar-refractivity contribution in [2.24, 2.45) is 0 Å². The largest absolute Gasteiger partial charge is 0.748 e. The van der Waals surface area contributed by atoms with E-state index >= 15 is 0 Å². The molecular weight excluding hydrogens is 306 g/mol. The van der Waals surface area contributed by atoms with Gasteiger partial charge in [0.25, 0.3) is 0 Å². The van der Waals surface area contributed by atoms with Crippen molar-refractivity contribution in [1.82, 2.24) is 0 Å². The second kappa shape index (κ2) is 12.2. The average molecular weight is 339 g/mol. The van der Waals surface area contributed by atoms with E-state index in [-0.39, 0.29) is 5.75 Å². The smallest absolute Gasteiger partial charge is 0.102 e. The van der Waals surface area contributed by atoms with Gasteiger partial charge in [0.1, 0.15) is 6.54 Å². The molecule has 0 N–H and O–H groups in total. The molecule has 0 saturated carbocycles. The fraction of sp³-hybridized carbons (Fsp3) is 1.00. The predicted octanol–water partition coefficient (Wildman–Crippen LogP) is 1.61. The number of unbranched alkanes of at least 4 members (excludes halogenated alkanes) is 2. The Kier molecular flexibility index (Phi) is 12.1. The molecule has 0 saturated heterocycles. The third-order valence-corrected chi connectivity index (χ3v) is 4.53. The van der Waals surface area contributed by atoms with E-state index in [0.29, 0.717) is 32.8 Å². The predicted molar refractivity (Wildman–Crippen MR) is 86.8 cm³/mol. The molecule has 0 aromatic heterocycles. The molecule has 0 fully saturated rings. The van der Waals surface area contributed by atoms with Crippen molar-refractivity contribution in [3.8, 4) is 0 Å². The summed E-state index contributed by atoms with van der Waals surface area (Å²) in [6.45, 7) is 9.56. The van der Waals surface area contributed by atoms with Crippen molar-refractivity contribution in [2.75, 3.05) is 58.9 Å². The minimum atomic E-state index is -4.08. The summed E-state index contributed by atoms with van der Waals surface area (Å²) in [5.74, 6) is -0.258. The van der Waals surface area contributed by atoms with Gasteiger partial charge in [0.05, 0.1) is 50.1 Å². The van der Waals surface area contributed by atoms with Crippen LogP contribution in [0.25, 0.3) is 0 Å². The van der Waals surface area contributed by atoms with E-state index in [9.17, 15) is 13.0 Å². The first-order valence-electron chi connectivity index (χ1n) is 8.25. The normalized spacial score (nSPS) is 14.9. The quantitative estimate of drug-likeness (QED) is 0.257. The maximum atomic E-state index is 10.6. The van der Waals surface area contributed by atoms with Gasteiger partial charge in [-0.1, -0.05) is 13.3 Å². The Morgan fingerprint density at radius 3 is 2.14 bits per heavy atom. The summed E-state index contributed by atoms with van der Waals surface area (Å²) >= 11 is 0. The van der Waals surface area contributed by atoms with Crippen LogP contribution in [0.3, 0.4) is 0 Å². The van der Waals surface area contributed by atoms with E-state index in [2.05, 4.69) is 14.0 Å². The molecule has 134 valence electrons. The molecule has 0 aliphatic rings. The van der Waals surface area contributed by atoms with E-state index in [1.165, 1.54) is 0 Å². The van der Waals surface area contributed by atoms with E-state index in [1.807, 2.05) is 6.92 Å². The lowest BCUT2D eigenvalue weighted by Gasteiger charge is -2.34. The highest BCUT2D eigenvalue weighted by Crippen LogP contribution is 2.09. The first-order chi connectivity index (χ1) is 10.3. The van der Waals surface area contributed by atoms with Gasteiger partial charge < -0.3 is 18.5 Å². The lowest BCUT2D eigenvalue weighted by atomic mass is 10.2. The highest BCUT2D eigenvalue weighted by atomic mass is 32.2. The van der Waals surface area contributed by atoms with Crippen LogP contribution >= 0.6 is 0 Å². The summed E-state index contributed by atoms with van der Waals surface area (Å²) in [4.78, 5) is 0. The third-order valence-electron chi connectivity index (χ3n) is 3.75. The molecule has 6 nitrogen and oxygen atoms in total. The zero-order chi connectivity index (χ0) is 16.9. The zero-order valence-corrected chi connectivity index (χ0v) is 15.2. The van der Waals surface area contributed by atoms with Crippen LogP contribution in [-0.2, 0) is 19.6 Å². The summed E-state index contributed by atoms with van der Waals surface area (Å²) < 4.78 is 43.6. The van der Waals surface area contributed by atoms with Gasteiger partial charge >= 0.3 is 0 Å². The number of quaternary nitrogens is 1. The van der Waals surface area contributed by atoms with Crippen molar-refractivity contribution < 1.29 is 26.9 Å². The topological polar surface area (TPSA) is 75.7 Å². The van der Waals surface area contributed by atoms with Gasteiger partial charge in [-0.15, -0.1) is 0 Å². The molecule has 0 bridgehead atoms. The van der Waals surface area contributed by atoms with Gasteiger partial charge in [-0.25, -0.2) is 8.42 Å². The van der Waals surface area contributed by atoms with Crippen LogP contribution in [0.2, 0.25) is 0 Å². The van der Waals surface area contributed by atoms with Gasteiger partial charge in [0.15, 0.2) is 0 Å². The molecule has 0 aliphatic heterocycles. The van der Waals surface area contributed by atoms with Crippen LogP contribution in [0, 0.1) is 0 Å². The Bertz CT molecular complexity index is 361. The Labute approximate surface area is 136 Å². The summed E-state index contributed by atoms with van der Waals surface area (Å²) in [7, 11) is -1.91. The monoisotopic (exact) mass is 339 g/mol. The lowest BCUT2D eigenvalue weighted by molar-refractivity contribution is -0.910. The first-order valence-corrected chi connectivity index (χ1v) is 9.83. The van der Waals surface area contributed by atoms with Crippen LogP contribution in [0.5, 0.6) is 0 Å². The molecule has 7 heteroatoms. The van der Waals surface area contributed by atoms with Crippen molar-refractivity contribution in [3.05, 3.63) is 0 Å². The lowest BCUT2D eigenvalue weighted by Crippen LogP contribution is -2.48. The van der Waals surface area contributed by atoms with Gasteiger partial charge in [0, 0.05) is 12.4 Å². The van der Waals surface area contributed by atoms with E-state index < -0.39 is 10.1 Å². The molecule has 0 aromatic rings. The number of likely N-dealkylation sites (N-methyl/N-ethyl adjacent to an activating group) is 1. The Morgan fingerprint density at radius 1 is 0.909 bits per heavy atom. The molecular formula is C15H33NO5S. The van der Waals surface area contributed by atoms with Gasteiger partial charge in [0.2, 0.25) is 0 Å². The minimum Gasteiger partial charge on any atom is -0.748 e. The summed E-state index contributed by atoms with van der Waals surface area (Å²) in [6.07, 6.45) is 3.46. The molecule has 0 aromatic carbocycles. The summed E-state index contributed by atoms with van der Waals surface area (Å²) in [6, 6.07) is 0. The van der Waals surface area contributed by atoms with Crippen molar-refractivity contribution in [3.63, 3.8) is 0 Å². The van der Waals surface area contributed by atoms with Gasteiger partial charge in [-0.3, -0.25) is 0 Å². The second-order valence-electron chi connectivity index (χ2n) is 5.92. The number of hydrogen-bond acceptors (Lipinski definition) is 5. The molecule has 0 amide bonds. The standard InChI is InChI=1S/C15H33NO5S/c1-4-6-9-16(3,10-7-8-15-22(17,18)19)11-12-21-14-13-20-5-2/h4-15H2,1-3H3. The fourth-order valence-electron chi connectivity index (χ4n) is 2.30. The van der Waals surface area contributed by atoms with Crippen molar-refractivity contribution in [2.45, 2.75) is 39.5 Å². The first kappa shape index (κ1) is 21.8. The molecule has 0 radical (unpaired) electrons. The van der Waals surface area contributed by atoms with Crippen LogP contribution in [-0.4, -0.2) is 76.3 Å². The summed E-state index contributed by atoms with van der Waals surface area (Å²) in [5, 5.41) is 0. The number of rotatable bonds is 15. The van der Waals surface area contributed by atoms with Crippen LogP contribution < -0.4 is 0 Å². The zero-order valence-electron chi connectivity index (χ0n) is 14.4. The highest BCUT2D eigenvalue weighted by molar-refractivity contribution is 7.85. The highest BCUT2D eigenvalue weighted by Gasteiger charge is 2.20. The molecule has 0 spiro atoms. The number of hydrogen-bond donors (Lipinski definition) is 0. The maximum Gasteiger partial charge on any atom is 0.102 e. The molecule has 0 aliphatic carbocycles. The molecule has 0 rings (SSSR count).